The number of nitrogens with zero attached hydrogens (tertiary/aromatic N) is 4. The predicted octanol–water partition coefficient (Wildman–Crippen LogP) is 2.11. The topological polar surface area (TPSA) is 86.7 Å². The SMILES string of the molecule is [N-]=[N+]=NCc1cn[nH]c1C1CCOCC1. The van der Waals surface area contributed by atoms with Crippen LogP contribution in [0.25, 0.3) is 10.4 Å². The van der Waals surface area contributed by atoms with Gasteiger partial charge >= 0.3 is 0 Å². The van der Waals surface area contributed by atoms with Gasteiger partial charge in [-0.1, -0.05) is 5.11 Å². The Labute approximate surface area is 87.3 Å². The van der Waals surface area contributed by atoms with Crippen LogP contribution in [-0.2, 0) is 11.3 Å². The summed E-state index contributed by atoms with van der Waals surface area (Å²) in [5, 5.41) is 10.6. The third-order valence-corrected chi connectivity index (χ3v) is 2.69. The maximum Gasteiger partial charge on any atom is 0.0544 e. The summed E-state index contributed by atoms with van der Waals surface area (Å²) < 4.78 is 5.30. The molecule has 0 spiro atoms. The second kappa shape index (κ2) is 4.82. The molecule has 0 aromatic carbocycles. The highest BCUT2D eigenvalue weighted by molar-refractivity contribution is 5.20. The first-order valence-corrected chi connectivity index (χ1v) is 5.02. The Morgan fingerprint density at radius 1 is 1.60 bits per heavy atom. The monoisotopic (exact) mass is 207 g/mol. The summed E-state index contributed by atoms with van der Waals surface area (Å²) in [7, 11) is 0. The van der Waals surface area contributed by atoms with Crippen molar-refractivity contribution >= 4 is 0 Å². The molecule has 1 aliphatic heterocycles. The van der Waals surface area contributed by atoms with Crippen molar-refractivity contribution in [3.8, 4) is 0 Å². The molecular weight excluding hydrogens is 194 g/mol. The molecule has 0 saturated carbocycles. The summed E-state index contributed by atoms with van der Waals surface area (Å²) in [5.41, 5.74) is 10.4. The number of H-pyrrole nitrogens is 1. The number of nitrogens with one attached hydrogen (secondary N) is 1. The van der Waals surface area contributed by atoms with Crippen LogP contribution in [0.3, 0.4) is 0 Å². The first-order valence-electron chi connectivity index (χ1n) is 5.02. The Bertz CT molecular complexity index is 362. The Morgan fingerprint density at radius 3 is 3.13 bits per heavy atom. The fraction of sp³-hybridized carbons (Fsp3) is 0.667. The highest BCUT2D eigenvalue weighted by Crippen LogP contribution is 2.27. The molecule has 0 bridgehead atoms. The molecule has 1 N–H and O–H groups in total. The van der Waals surface area contributed by atoms with Crippen molar-refractivity contribution < 1.29 is 4.74 Å². The molecule has 0 aliphatic carbocycles. The summed E-state index contributed by atoms with van der Waals surface area (Å²) in [4.78, 5) is 2.76. The van der Waals surface area contributed by atoms with Gasteiger partial charge in [-0.3, -0.25) is 5.10 Å². The first kappa shape index (κ1) is 10.0. The largest absolute Gasteiger partial charge is 0.381 e. The van der Waals surface area contributed by atoms with E-state index in [1.165, 1.54) is 0 Å². The average molecular weight is 207 g/mol. The molecule has 0 unspecified atom stereocenters. The number of aromatic nitrogens is 2. The third kappa shape index (κ3) is 2.29. The van der Waals surface area contributed by atoms with E-state index in [2.05, 4.69) is 20.2 Å². The van der Waals surface area contributed by atoms with Crippen LogP contribution in [0.2, 0.25) is 0 Å². The van der Waals surface area contributed by atoms with Gasteiger partial charge < -0.3 is 4.74 Å². The maximum atomic E-state index is 8.27. The van der Waals surface area contributed by atoms with Gasteiger partial charge in [-0.05, 0) is 23.9 Å². The minimum absolute atomic E-state index is 0.375. The molecule has 0 amide bonds. The Hall–Kier alpha value is -1.52. The standard InChI is InChI=1S/C9H13N5O/c10-14-12-6-8-5-11-13-9(8)7-1-3-15-4-2-7/h5,7H,1-4,6H2,(H,11,13). The summed E-state index contributed by atoms with van der Waals surface area (Å²) in [6, 6.07) is 0. The average Bonchev–Trinajstić information content (AvgIpc) is 2.75. The number of hydrogen-bond acceptors (Lipinski definition) is 3. The van der Waals surface area contributed by atoms with E-state index in [0.717, 1.165) is 37.3 Å². The van der Waals surface area contributed by atoms with E-state index in [1.54, 1.807) is 6.20 Å². The van der Waals surface area contributed by atoms with Gasteiger partial charge in [0, 0.05) is 29.7 Å². The molecule has 1 aromatic heterocycles. The molecule has 15 heavy (non-hydrogen) atoms. The second-order valence-corrected chi connectivity index (χ2v) is 3.58. The third-order valence-electron chi connectivity index (χ3n) is 2.69. The van der Waals surface area contributed by atoms with Gasteiger partial charge in [-0.15, -0.1) is 0 Å². The van der Waals surface area contributed by atoms with Crippen LogP contribution in [0.1, 0.15) is 30.0 Å². The minimum atomic E-state index is 0.375. The summed E-state index contributed by atoms with van der Waals surface area (Å²) in [5.74, 6) is 0.463. The van der Waals surface area contributed by atoms with Crippen molar-refractivity contribution in [3.63, 3.8) is 0 Å². The number of ether oxygens (including phenoxy) is 1. The fourth-order valence-electron chi connectivity index (χ4n) is 1.89. The smallest absolute Gasteiger partial charge is 0.0544 e. The Kier molecular flexibility index (Phi) is 3.22. The van der Waals surface area contributed by atoms with E-state index in [-0.39, 0.29) is 0 Å². The van der Waals surface area contributed by atoms with Crippen LogP contribution < -0.4 is 0 Å². The van der Waals surface area contributed by atoms with Gasteiger partial charge in [0.05, 0.1) is 12.7 Å². The lowest BCUT2D eigenvalue weighted by Crippen LogP contribution is -2.15. The molecule has 1 saturated heterocycles. The van der Waals surface area contributed by atoms with Crippen LogP contribution in [-0.4, -0.2) is 23.4 Å². The molecule has 1 aromatic rings. The van der Waals surface area contributed by atoms with E-state index in [4.69, 9.17) is 10.3 Å². The van der Waals surface area contributed by atoms with E-state index >= 15 is 0 Å². The Balaban J connectivity index is 2.11. The molecule has 2 heterocycles. The highest BCUT2D eigenvalue weighted by atomic mass is 16.5. The van der Waals surface area contributed by atoms with Crippen molar-refractivity contribution in [1.29, 1.82) is 0 Å². The number of aromatic amines is 1. The Morgan fingerprint density at radius 2 is 2.40 bits per heavy atom. The summed E-state index contributed by atoms with van der Waals surface area (Å²) in [6.07, 6.45) is 3.75. The van der Waals surface area contributed by atoms with E-state index in [0.29, 0.717) is 12.5 Å². The molecule has 1 aliphatic rings. The van der Waals surface area contributed by atoms with Gasteiger partial charge in [0.25, 0.3) is 0 Å². The van der Waals surface area contributed by atoms with Crippen LogP contribution >= 0.6 is 0 Å². The predicted molar refractivity (Wildman–Crippen MR) is 54.2 cm³/mol. The lowest BCUT2D eigenvalue weighted by Gasteiger charge is -2.21. The molecule has 6 nitrogen and oxygen atoms in total. The molecule has 2 rings (SSSR count). The van der Waals surface area contributed by atoms with Gasteiger partial charge in [0.2, 0.25) is 0 Å². The van der Waals surface area contributed by atoms with Crippen LogP contribution in [0, 0.1) is 0 Å². The minimum Gasteiger partial charge on any atom is -0.381 e. The van der Waals surface area contributed by atoms with Crippen molar-refractivity contribution in [3.05, 3.63) is 27.9 Å². The zero-order valence-corrected chi connectivity index (χ0v) is 8.39. The molecular formula is C9H13N5O. The number of hydrogen-bond donors (Lipinski definition) is 1. The van der Waals surface area contributed by atoms with E-state index < -0.39 is 0 Å². The molecule has 0 atom stereocenters. The van der Waals surface area contributed by atoms with E-state index in [1.807, 2.05) is 0 Å². The number of rotatable bonds is 3. The van der Waals surface area contributed by atoms with Crippen LogP contribution in [0.15, 0.2) is 11.3 Å². The van der Waals surface area contributed by atoms with Crippen molar-refractivity contribution in [2.75, 3.05) is 13.2 Å². The zero-order valence-electron chi connectivity index (χ0n) is 8.39. The maximum absolute atomic E-state index is 8.27. The van der Waals surface area contributed by atoms with Gasteiger partial charge in [0.1, 0.15) is 0 Å². The fourth-order valence-corrected chi connectivity index (χ4v) is 1.89. The lowest BCUT2D eigenvalue weighted by molar-refractivity contribution is 0.0843. The van der Waals surface area contributed by atoms with Crippen molar-refractivity contribution in [2.24, 2.45) is 5.11 Å². The summed E-state index contributed by atoms with van der Waals surface area (Å²) in [6.45, 7) is 1.97. The molecule has 80 valence electrons. The first-order chi connectivity index (χ1) is 7.42. The highest BCUT2D eigenvalue weighted by Gasteiger charge is 2.19. The lowest BCUT2D eigenvalue weighted by atomic mass is 9.94. The summed E-state index contributed by atoms with van der Waals surface area (Å²) >= 11 is 0. The van der Waals surface area contributed by atoms with Gasteiger partial charge in [-0.25, -0.2) is 0 Å². The van der Waals surface area contributed by atoms with E-state index in [9.17, 15) is 0 Å². The quantitative estimate of drug-likeness (QED) is 0.467. The van der Waals surface area contributed by atoms with Gasteiger partial charge in [-0.2, -0.15) is 5.10 Å². The second-order valence-electron chi connectivity index (χ2n) is 3.58. The molecule has 6 heteroatoms. The van der Waals surface area contributed by atoms with Crippen LogP contribution in [0.4, 0.5) is 0 Å². The molecule has 1 fully saturated rings. The van der Waals surface area contributed by atoms with Crippen LogP contribution in [0.5, 0.6) is 0 Å². The van der Waals surface area contributed by atoms with Crippen molar-refractivity contribution in [2.45, 2.75) is 25.3 Å². The zero-order chi connectivity index (χ0) is 10.5. The van der Waals surface area contributed by atoms with Gasteiger partial charge in [0.15, 0.2) is 0 Å². The normalized spacial score (nSPS) is 17.3. The molecule has 0 radical (unpaired) electrons. The van der Waals surface area contributed by atoms with Crippen molar-refractivity contribution in [1.82, 2.24) is 10.2 Å². The number of azide groups is 1.